The van der Waals surface area contributed by atoms with Crippen LogP contribution in [0.25, 0.3) is 6.08 Å². The Morgan fingerprint density at radius 1 is 0.933 bits per heavy atom. The summed E-state index contributed by atoms with van der Waals surface area (Å²) in [6, 6.07) is 23.1. The highest BCUT2D eigenvalue weighted by atomic mass is 16.5. The van der Waals surface area contributed by atoms with E-state index in [0.29, 0.717) is 12.3 Å². The van der Waals surface area contributed by atoms with Gasteiger partial charge in [0, 0.05) is 5.69 Å². The number of carbonyl (C=O) groups excluding carboxylic acids is 1. The fourth-order valence-electron chi connectivity index (χ4n) is 3.13. The van der Waals surface area contributed by atoms with E-state index >= 15 is 0 Å². The number of amides is 1. The molecule has 0 spiro atoms. The average molecular weight is 396 g/mol. The molecule has 0 aliphatic heterocycles. The predicted octanol–water partition coefficient (Wildman–Crippen LogP) is 5.74. The molecule has 0 radical (unpaired) electrons. The van der Waals surface area contributed by atoms with Crippen LogP contribution in [0, 0.1) is 32.1 Å². The third kappa shape index (κ3) is 5.83. The summed E-state index contributed by atoms with van der Waals surface area (Å²) in [7, 11) is 0. The molecule has 0 aliphatic carbocycles. The van der Waals surface area contributed by atoms with E-state index in [-0.39, 0.29) is 5.57 Å². The van der Waals surface area contributed by atoms with Crippen molar-refractivity contribution < 1.29 is 9.53 Å². The van der Waals surface area contributed by atoms with Crippen LogP contribution in [0.2, 0.25) is 0 Å². The lowest BCUT2D eigenvalue weighted by Gasteiger charge is -2.09. The normalized spacial score (nSPS) is 10.9. The third-order valence-corrected chi connectivity index (χ3v) is 4.55. The van der Waals surface area contributed by atoms with Crippen molar-refractivity contribution in [3.05, 3.63) is 100 Å². The second-order valence-electron chi connectivity index (χ2n) is 7.34. The Morgan fingerprint density at radius 3 is 2.17 bits per heavy atom. The molecule has 0 bridgehead atoms. The van der Waals surface area contributed by atoms with E-state index in [1.807, 2.05) is 61.5 Å². The van der Waals surface area contributed by atoms with E-state index in [4.69, 9.17) is 4.74 Å². The molecule has 0 saturated carbocycles. The number of ether oxygens (including phenoxy) is 1. The number of nitriles is 1. The third-order valence-electron chi connectivity index (χ3n) is 4.55. The highest BCUT2D eigenvalue weighted by Crippen LogP contribution is 2.18. The minimum atomic E-state index is -0.434. The fraction of sp³-hybridized carbons (Fsp3) is 0.154. The van der Waals surface area contributed by atoms with E-state index in [0.717, 1.165) is 22.4 Å². The van der Waals surface area contributed by atoms with Gasteiger partial charge in [0.1, 0.15) is 24.0 Å². The smallest absolute Gasteiger partial charge is 0.266 e. The topological polar surface area (TPSA) is 62.1 Å². The van der Waals surface area contributed by atoms with Gasteiger partial charge < -0.3 is 10.1 Å². The molecule has 3 aromatic rings. The number of nitrogens with one attached hydrogen (secondary N) is 1. The first-order valence-electron chi connectivity index (χ1n) is 9.73. The maximum atomic E-state index is 12.4. The van der Waals surface area contributed by atoms with Crippen LogP contribution >= 0.6 is 0 Å². The van der Waals surface area contributed by atoms with Gasteiger partial charge in [-0.25, -0.2) is 0 Å². The van der Waals surface area contributed by atoms with E-state index in [9.17, 15) is 10.1 Å². The molecular weight excluding hydrogens is 372 g/mol. The minimum Gasteiger partial charge on any atom is -0.489 e. The first-order chi connectivity index (χ1) is 14.4. The molecule has 0 saturated heterocycles. The van der Waals surface area contributed by atoms with Gasteiger partial charge in [0.2, 0.25) is 0 Å². The maximum absolute atomic E-state index is 12.4. The summed E-state index contributed by atoms with van der Waals surface area (Å²) < 4.78 is 5.86. The van der Waals surface area contributed by atoms with Crippen molar-refractivity contribution in [3.8, 4) is 11.8 Å². The number of carbonyl (C=O) groups is 1. The van der Waals surface area contributed by atoms with Crippen LogP contribution in [-0.2, 0) is 11.4 Å². The van der Waals surface area contributed by atoms with Crippen LogP contribution in [0.1, 0.15) is 27.8 Å². The van der Waals surface area contributed by atoms with Gasteiger partial charge >= 0.3 is 0 Å². The van der Waals surface area contributed by atoms with Crippen LogP contribution < -0.4 is 10.1 Å². The van der Waals surface area contributed by atoms with Crippen LogP contribution in [-0.4, -0.2) is 5.91 Å². The predicted molar refractivity (Wildman–Crippen MR) is 120 cm³/mol. The van der Waals surface area contributed by atoms with E-state index in [2.05, 4.69) is 37.4 Å². The Morgan fingerprint density at radius 2 is 1.57 bits per heavy atom. The lowest BCUT2D eigenvalue weighted by molar-refractivity contribution is -0.112. The van der Waals surface area contributed by atoms with Crippen LogP contribution in [0.15, 0.2) is 72.3 Å². The molecule has 1 N–H and O–H groups in total. The Labute approximate surface area is 177 Å². The number of hydrogen-bond acceptors (Lipinski definition) is 3. The van der Waals surface area contributed by atoms with Gasteiger partial charge in [0.05, 0.1) is 0 Å². The second-order valence-corrected chi connectivity index (χ2v) is 7.34. The van der Waals surface area contributed by atoms with Crippen molar-refractivity contribution >= 4 is 17.7 Å². The summed E-state index contributed by atoms with van der Waals surface area (Å²) in [6.07, 6.45) is 1.57. The van der Waals surface area contributed by atoms with Crippen molar-refractivity contribution in [2.45, 2.75) is 27.4 Å². The molecule has 0 unspecified atom stereocenters. The van der Waals surface area contributed by atoms with Gasteiger partial charge in [-0.05, 0) is 62.2 Å². The number of benzene rings is 3. The first kappa shape index (κ1) is 20.9. The average Bonchev–Trinajstić information content (AvgIpc) is 2.72. The molecular formula is C26H24N2O2. The van der Waals surface area contributed by atoms with Crippen LogP contribution in [0.5, 0.6) is 5.75 Å². The lowest BCUT2D eigenvalue weighted by Crippen LogP contribution is -2.13. The van der Waals surface area contributed by atoms with Crippen molar-refractivity contribution in [2.24, 2.45) is 0 Å². The molecule has 0 atom stereocenters. The Kier molecular flexibility index (Phi) is 6.67. The summed E-state index contributed by atoms with van der Waals surface area (Å²) in [5, 5.41) is 12.1. The fourth-order valence-corrected chi connectivity index (χ4v) is 3.13. The summed E-state index contributed by atoms with van der Waals surface area (Å²) in [4.78, 5) is 12.4. The molecule has 4 heteroatoms. The molecule has 3 rings (SSSR count). The number of anilines is 1. The molecule has 0 fully saturated rings. The molecule has 0 aromatic heterocycles. The van der Waals surface area contributed by atoms with Gasteiger partial charge in [-0.15, -0.1) is 0 Å². The van der Waals surface area contributed by atoms with Crippen LogP contribution in [0.4, 0.5) is 5.69 Å². The summed E-state index contributed by atoms with van der Waals surface area (Å²) >= 11 is 0. The molecule has 1 amide bonds. The number of rotatable bonds is 6. The minimum absolute atomic E-state index is 0.0412. The SMILES string of the molecule is Cc1ccc(NC(=O)/C(C#N)=C/c2ccc(OCc3cc(C)cc(C)c3)cc2)cc1. The van der Waals surface area contributed by atoms with Crippen molar-refractivity contribution in [1.29, 1.82) is 5.26 Å². The van der Waals surface area contributed by atoms with Gasteiger partial charge in [-0.2, -0.15) is 5.26 Å². The van der Waals surface area contributed by atoms with Gasteiger partial charge in [0.15, 0.2) is 0 Å². The second kappa shape index (κ2) is 9.58. The first-order valence-corrected chi connectivity index (χ1v) is 9.73. The van der Waals surface area contributed by atoms with Gasteiger partial charge in [-0.1, -0.05) is 59.2 Å². The Balaban J connectivity index is 1.65. The van der Waals surface area contributed by atoms with E-state index < -0.39 is 5.91 Å². The van der Waals surface area contributed by atoms with E-state index in [1.54, 1.807) is 6.08 Å². The van der Waals surface area contributed by atoms with Crippen molar-refractivity contribution in [2.75, 3.05) is 5.32 Å². The number of nitrogens with zero attached hydrogens (tertiary/aromatic N) is 1. The summed E-state index contributed by atoms with van der Waals surface area (Å²) in [5.74, 6) is 0.297. The largest absolute Gasteiger partial charge is 0.489 e. The molecule has 0 aliphatic rings. The zero-order valence-electron chi connectivity index (χ0n) is 17.4. The molecule has 30 heavy (non-hydrogen) atoms. The van der Waals surface area contributed by atoms with E-state index in [1.165, 1.54) is 11.1 Å². The van der Waals surface area contributed by atoms with Gasteiger partial charge in [0.25, 0.3) is 5.91 Å². The quantitative estimate of drug-likeness (QED) is 0.427. The van der Waals surface area contributed by atoms with Crippen LogP contribution in [0.3, 0.4) is 0 Å². The lowest BCUT2D eigenvalue weighted by atomic mass is 10.1. The molecule has 150 valence electrons. The highest BCUT2D eigenvalue weighted by Gasteiger charge is 2.09. The monoisotopic (exact) mass is 396 g/mol. The summed E-state index contributed by atoms with van der Waals surface area (Å²) in [5.41, 5.74) is 6.09. The molecule has 0 heterocycles. The zero-order valence-corrected chi connectivity index (χ0v) is 17.4. The summed E-state index contributed by atoms with van der Waals surface area (Å²) in [6.45, 7) is 6.60. The van der Waals surface area contributed by atoms with Gasteiger partial charge in [-0.3, -0.25) is 4.79 Å². The molecule has 3 aromatic carbocycles. The zero-order chi connectivity index (χ0) is 21.5. The number of hydrogen-bond donors (Lipinski definition) is 1. The maximum Gasteiger partial charge on any atom is 0.266 e. The number of aryl methyl sites for hydroxylation is 3. The Bertz CT molecular complexity index is 1090. The molecule has 4 nitrogen and oxygen atoms in total. The van der Waals surface area contributed by atoms with Crippen molar-refractivity contribution in [3.63, 3.8) is 0 Å². The highest BCUT2D eigenvalue weighted by molar-refractivity contribution is 6.09. The standard InChI is InChI=1S/C26H24N2O2/c1-18-4-8-24(9-5-18)28-26(29)23(16-27)15-21-6-10-25(11-7-21)30-17-22-13-19(2)12-20(3)14-22/h4-15H,17H2,1-3H3,(H,28,29)/b23-15+. The van der Waals surface area contributed by atoms with Crippen molar-refractivity contribution in [1.82, 2.24) is 0 Å². The Hall–Kier alpha value is -3.84.